The highest BCUT2D eigenvalue weighted by molar-refractivity contribution is 5.97. The second-order valence-corrected chi connectivity index (χ2v) is 7.03. The van der Waals surface area contributed by atoms with Gasteiger partial charge in [0.2, 0.25) is 0 Å². The largest absolute Gasteiger partial charge is 0.494 e. The molecule has 0 aliphatic heterocycles. The zero-order valence-corrected chi connectivity index (χ0v) is 17.5. The number of carbonyl (C=O) groups is 2. The van der Waals surface area contributed by atoms with Crippen LogP contribution in [0.1, 0.15) is 36.7 Å². The van der Waals surface area contributed by atoms with Gasteiger partial charge in [0, 0.05) is 23.6 Å². The molecule has 0 bridgehead atoms. The summed E-state index contributed by atoms with van der Waals surface area (Å²) in [5.74, 6) is -0.106. The summed E-state index contributed by atoms with van der Waals surface area (Å²) in [4.78, 5) is 36.4. The Balaban J connectivity index is 1.72. The van der Waals surface area contributed by atoms with Crippen molar-refractivity contribution in [3.8, 4) is 11.5 Å². The van der Waals surface area contributed by atoms with E-state index in [1.807, 2.05) is 31.2 Å². The van der Waals surface area contributed by atoms with E-state index in [0.717, 1.165) is 11.3 Å². The normalized spacial score (nSPS) is 11.1. The van der Waals surface area contributed by atoms with Crippen molar-refractivity contribution >= 4 is 28.9 Å². The average Bonchev–Trinajstić information content (AvgIpc) is 2.72. The van der Waals surface area contributed by atoms with E-state index in [9.17, 15) is 14.4 Å². The molecule has 7 heteroatoms. The van der Waals surface area contributed by atoms with E-state index >= 15 is 0 Å². The molecule has 0 aliphatic carbocycles. The lowest BCUT2D eigenvalue weighted by molar-refractivity contribution is -0.128. The monoisotopic (exact) mass is 421 g/mol. The van der Waals surface area contributed by atoms with Crippen LogP contribution in [-0.4, -0.2) is 24.5 Å². The van der Waals surface area contributed by atoms with Gasteiger partial charge in [0.05, 0.1) is 6.61 Å². The molecule has 1 N–H and O–H groups in total. The molecule has 7 nitrogen and oxygen atoms in total. The molecule has 2 aromatic carbocycles. The van der Waals surface area contributed by atoms with Crippen molar-refractivity contribution in [2.24, 2.45) is 0 Å². The summed E-state index contributed by atoms with van der Waals surface area (Å²) >= 11 is 0. The van der Waals surface area contributed by atoms with Crippen molar-refractivity contribution < 1.29 is 23.5 Å². The number of ether oxygens (including phenoxy) is 2. The van der Waals surface area contributed by atoms with Gasteiger partial charge in [0.1, 0.15) is 22.6 Å². The summed E-state index contributed by atoms with van der Waals surface area (Å²) in [6.45, 7) is 6.08. The topological polar surface area (TPSA) is 94.8 Å². The smallest absolute Gasteiger partial charge is 0.349 e. The summed E-state index contributed by atoms with van der Waals surface area (Å²) < 4.78 is 15.9. The highest BCUT2D eigenvalue weighted by Crippen LogP contribution is 2.21. The number of fused-ring (bicyclic) bond motifs is 1. The Morgan fingerprint density at radius 2 is 1.77 bits per heavy atom. The summed E-state index contributed by atoms with van der Waals surface area (Å²) in [5, 5.41) is 3.20. The fraction of sp³-hybridized carbons (Fsp3) is 0.208. The van der Waals surface area contributed by atoms with Crippen molar-refractivity contribution in [2.75, 3.05) is 6.61 Å². The first-order valence-electron chi connectivity index (χ1n) is 9.87. The van der Waals surface area contributed by atoms with Crippen LogP contribution in [0.4, 0.5) is 0 Å². The maximum Gasteiger partial charge on any atom is 0.349 e. The minimum Gasteiger partial charge on any atom is -0.494 e. The molecule has 0 fully saturated rings. The van der Waals surface area contributed by atoms with Gasteiger partial charge in [-0.2, -0.15) is 0 Å². The van der Waals surface area contributed by atoms with Gasteiger partial charge >= 0.3 is 11.6 Å². The minimum atomic E-state index is -0.760. The summed E-state index contributed by atoms with van der Waals surface area (Å²) in [6, 6.07) is 13.2. The third-order valence-electron chi connectivity index (χ3n) is 4.19. The number of benzene rings is 2. The molecule has 0 radical (unpaired) electrons. The molecule has 0 atom stereocenters. The second-order valence-electron chi connectivity index (χ2n) is 7.03. The number of hydrogen-bond acceptors (Lipinski definition) is 6. The number of rotatable bonds is 7. The molecular formula is C24H23NO6. The predicted octanol–water partition coefficient (Wildman–Crippen LogP) is 3.95. The lowest BCUT2D eigenvalue weighted by Gasteiger charge is -2.08. The maximum absolute atomic E-state index is 12.2. The zero-order valence-electron chi connectivity index (χ0n) is 17.5. The number of carbonyl (C=O) groups excluding carboxylic acids is 2. The fourth-order valence-corrected chi connectivity index (χ4v) is 2.81. The number of amides is 1. The van der Waals surface area contributed by atoms with Gasteiger partial charge in [-0.25, -0.2) is 9.59 Å². The van der Waals surface area contributed by atoms with E-state index in [-0.39, 0.29) is 22.9 Å². The van der Waals surface area contributed by atoms with Crippen molar-refractivity contribution in [1.29, 1.82) is 0 Å². The molecule has 0 saturated carbocycles. The van der Waals surface area contributed by atoms with Crippen LogP contribution in [0.2, 0.25) is 0 Å². The first kappa shape index (κ1) is 21.8. The van der Waals surface area contributed by atoms with Crippen LogP contribution in [0.25, 0.3) is 17.0 Å². The average molecular weight is 421 g/mol. The van der Waals surface area contributed by atoms with E-state index < -0.39 is 17.5 Å². The van der Waals surface area contributed by atoms with Gasteiger partial charge in [0.25, 0.3) is 5.91 Å². The highest BCUT2D eigenvalue weighted by Gasteiger charge is 2.15. The Hall–Kier alpha value is -3.87. The third-order valence-corrected chi connectivity index (χ3v) is 4.19. The molecule has 1 heterocycles. The van der Waals surface area contributed by atoms with Crippen molar-refractivity contribution in [1.82, 2.24) is 5.32 Å². The van der Waals surface area contributed by atoms with E-state index in [1.54, 1.807) is 32.1 Å². The van der Waals surface area contributed by atoms with Crippen LogP contribution in [0.3, 0.4) is 0 Å². The van der Waals surface area contributed by atoms with Crippen LogP contribution < -0.4 is 20.4 Å². The van der Waals surface area contributed by atoms with E-state index in [0.29, 0.717) is 12.0 Å². The molecule has 0 unspecified atom stereocenters. The summed E-state index contributed by atoms with van der Waals surface area (Å²) in [5.41, 5.74) is 0.192. The van der Waals surface area contributed by atoms with Crippen LogP contribution in [0.5, 0.6) is 11.5 Å². The first-order chi connectivity index (χ1) is 14.9. The van der Waals surface area contributed by atoms with Gasteiger partial charge in [-0.05, 0) is 62.7 Å². The molecule has 1 amide bonds. The molecular weight excluding hydrogens is 398 g/mol. The van der Waals surface area contributed by atoms with Gasteiger partial charge in [-0.15, -0.1) is 0 Å². The molecule has 3 rings (SSSR count). The lowest BCUT2D eigenvalue weighted by atomic mass is 10.1. The molecule has 3 aromatic rings. The van der Waals surface area contributed by atoms with Crippen LogP contribution >= 0.6 is 0 Å². The predicted molar refractivity (Wildman–Crippen MR) is 117 cm³/mol. The first-order valence-corrected chi connectivity index (χ1v) is 9.87. The zero-order chi connectivity index (χ0) is 22.4. The van der Waals surface area contributed by atoms with Crippen molar-refractivity contribution in [3.63, 3.8) is 0 Å². The standard InChI is InChI=1S/C24H23NO6/c1-4-29-18-9-5-16(6-10-18)7-12-22(26)30-19-11-8-17-13-20(23(27)25-15(2)3)24(28)31-21(17)14-19/h5-15H,4H2,1-3H3,(H,25,27)/b12-7+. The Morgan fingerprint density at radius 1 is 1.06 bits per heavy atom. The van der Waals surface area contributed by atoms with Gasteiger partial charge in [-0.3, -0.25) is 4.79 Å². The Bertz CT molecular complexity index is 1170. The molecule has 31 heavy (non-hydrogen) atoms. The Kier molecular flexibility index (Phi) is 6.87. The molecule has 160 valence electrons. The van der Waals surface area contributed by atoms with Crippen molar-refractivity contribution in [2.45, 2.75) is 26.8 Å². The minimum absolute atomic E-state index is 0.0794. The van der Waals surface area contributed by atoms with Crippen LogP contribution in [0, 0.1) is 0 Å². The van der Waals surface area contributed by atoms with Gasteiger partial charge in [0.15, 0.2) is 0 Å². The molecule has 0 saturated heterocycles. The molecule has 0 spiro atoms. The maximum atomic E-state index is 12.2. The van der Waals surface area contributed by atoms with E-state index in [1.165, 1.54) is 18.2 Å². The Labute approximate surface area is 179 Å². The second kappa shape index (κ2) is 9.75. The quantitative estimate of drug-likeness (QED) is 0.269. The summed E-state index contributed by atoms with van der Waals surface area (Å²) in [6.07, 6.45) is 2.92. The molecule has 1 aromatic heterocycles. The SMILES string of the molecule is CCOc1ccc(/C=C/C(=O)Oc2ccc3cc(C(=O)NC(C)C)c(=O)oc3c2)cc1. The molecule has 0 aliphatic rings. The van der Waals surface area contributed by atoms with Crippen LogP contribution in [0.15, 0.2) is 63.8 Å². The number of nitrogens with one attached hydrogen (secondary N) is 1. The lowest BCUT2D eigenvalue weighted by Crippen LogP contribution is -2.33. The Morgan fingerprint density at radius 3 is 2.45 bits per heavy atom. The van der Waals surface area contributed by atoms with E-state index in [2.05, 4.69) is 5.32 Å². The van der Waals surface area contributed by atoms with Gasteiger partial charge < -0.3 is 19.2 Å². The van der Waals surface area contributed by atoms with Crippen LogP contribution in [-0.2, 0) is 4.79 Å². The third kappa shape index (κ3) is 5.82. The fourth-order valence-electron chi connectivity index (χ4n) is 2.81. The highest BCUT2D eigenvalue weighted by atomic mass is 16.5. The van der Waals surface area contributed by atoms with Crippen molar-refractivity contribution in [3.05, 3.63) is 76.2 Å². The summed E-state index contributed by atoms with van der Waals surface area (Å²) in [7, 11) is 0. The number of esters is 1. The van der Waals surface area contributed by atoms with E-state index in [4.69, 9.17) is 13.9 Å². The van der Waals surface area contributed by atoms with Gasteiger partial charge in [-0.1, -0.05) is 12.1 Å². The number of hydrogen-bond donors (Lipinski definition) is 1.